The fourth-order valence-corrected chi connectivity index (χ4v) is 5.48. The van der Waals surface area contributed by atoms with Crippen LogP contribution in [0.4, 0.5) is 11.6 Å². The number of thiol groups is 1. The van der Waals surface area contributed by atoms with E-state index in [2.05, 4.69) is 70.1 Å². The highest BCUT2D eigenvalue weighted by Gasteiger charge is 2.34. The number of hydrogen-bond acceptors (Lipinski definition) is 10. The molecule has 1 saturated heterocycles. The zero-order chi connectivity index (χ0) is 29.8. The van der Waals surface area contributed by atoms with E-state index in [0.717, 1.165) is 47.7 Å². The van der Waals surface area contributed by atoms with E-state index in [1.807, 2.05) is 50.5 Å². The van der Waals surface area contributed by atoms with Gasteiger partial charge in [0.2, 0.25) is 11.8 Å². The summed E-state index contributed by atoms with van der Waals surface area (Å²) in [6.45, 7) is 18.2. The molecule has 3 heterocycles. The Morgan fingerprint density at radius 2 is 1.78 bits per heavy atom. The van der Waals surface area contributed by atoms with Gasteiger partial charge in [-0.1, -0.05) is 52.8 Å². The normalized spacial score (nSPS) is 16.1. The molecule has 1 fully saturated rings. The number of nitrogens with zero attached hydrogens (tertiary/aromatic N) is 5. The van der Waals surface area contributed by atoms with Crippen LogP contribution in [0.3, 0.4) is 0 Å². The molecule has 41 heavy (non-hydrogen) atoms. The minimum absolute atomic E-state index is 0.0206. The molecule has 2 atom stereocenters. The molecule has 11 heteroatoms. The molecule has 1 aliphatic heterocycles. The van der Waals surface area contributed by atoms with Gasteiger partial charge < -0.3 is 20.3 Å². The van der Waals surface area contributed by atoms with Crippen molar-refractivity contribution in [2.24, 2.45) is 10.8 Å². The van der Waals surface area contributed by atoms with Gasteiger partial charge in [0.1, 0.15) is 12.4 Å². The molecule has 10 nitrogen and oxygen atoms in total. The first kappa shape index (κ1) is 30.6. The average Bonchev–Trinajstić information content (AvgIpc) is 2.87. The number of benzene rings is 1. The second-order valence-corrected chi connectivity index (χ2v) is 14.0. The summed E-state index contributed by atoms with van der Waals surface area (Å²) in [5.41, 5.74) is 5.37. The number of aromatic nitrogens is 4. The van der Waals surface area contributed by atoms with Crippen molar-refractivity contribution in [1.29, 1.82) is 4.78 Å². The lowest BCUT2D eigenvalue weighted by Crippen LogP contribution is -2.53. The molecule has 3 aromatic rings. The Morgan fingerprint density at radius 3 is 2.37 bits per heavy atom. The van der Waals surface area contributed by atoms with Crippen LogP contribution in [0.2, 0.25) is 0 Å². The number of rotatable bonds is 12. The molecular formula is C30H44N8O2S. The molecule has 0 bridgehead atoms. The van der Waals surface area contributed by atoms with Crippen LogP contribution in [0.25, 0.3) is 11.3 Å². The first-order chi connectivity index (χ1) is 19.3. The number of ether oxygens (including phenoxy) is 1. The monoisotopic (exact) mass is 580 g/mol. The smallest absolute Gasteiger partial charge is 0.227 e. The third-order valence-corrected chi connectivity index (χ3v) is 7.40. The highest BCUT2D eigenvalue weighted by atomic mass is 32.2. The SMILES string of the molecule is Cc1cccc(C)c1-c1cc(OC[C@@H](CC(C)(C)C)NCc2ncc(N3CC(C)(C)C3)cn2)nc(NC[SH](=N)=O)n1. The van der Waals surface area contributed by atoms with Gasteiger partial charge >= 0.3 is 0 Å². The third-order valence-electron chi connectivity index (χ3n) is 6.96. The lowest BCUT2D eigenvalue weighted by Gasteiger charge is -2.47. The van der Waals surface area contributed by atoms with Crippen LogP contribution >= 0.6 is 0 Å². The molecule has 1 aliphatic rings. The first-order valence-corrected chi connectivity index (χ1v) is 15.5. The topological polar surface area (TPSA) is 129 Å². The van der Waals surface area contributed by atoms with Gasteiger partial charge in [0.05, 0.1) is 46.8 Å². The number of nitrogens with one attached hydrogen (secondary N) is 3. The van der Waals surface area contributed by atoms with Crippen molar-refractivity contribution in [2.75, 3.05) is 35.8 Å². The zero-order valence-electron chi connectivity index (χ0n) is 25.3. The second kappa shape index (κ2) is 12.7. The molecule has 4 rings (SSSR count). The number of anilines is 2. The molecule has 2 aromatic heterocycles. The quantitative estimate of drug-likeness (QED) is 0.219. The van der Waals surface area contributed by atoms with E-state index in [0.29, 0.717) is 30.1 Å². The van der Waals surface area contributed by atoms with E-state index in [-0.39, 0.29) is 23.3 Å². The maximum absolute atomic E-state index is 11.4. The van der Waals surface area contributed by atoms with Gasteiger partial charge in [-0.3, -0.25) is 8.99 Å². The predicted molar refractivity (Wildman–Crippen MR) is 166 cm³/mol. The molecule has 0 saturated carbocycles. The van der Waals surface area contributed by atoms with E-state index in [1.165, 1.54) is 0 Å². The lowest BCUT2D eigenvalue weighted by atomic mass is 9.84. The molecule has 3 N–H and O–H groups in total. The Morgan fingerprint density at radius 1 is 1.12 bits per heavy atom. The summed E-state index contributed by atoms with van der Waals surface area (Å²) in [7, 11) is -2.14. The number of aryl methyl sites for hydroxylation is 2. The molecule has 0 spiro atoms. The maximum atomic E-state index is 11.4. The van der Waals surface area contributed by atoms with Crippen LogP contribution in [0.1, 0.15) is 58.0 Å². The van der Waals surface area contributed by atoms with Gasteiger partial charge in [-0.2, -0.15) is 4.98 Å². The summed E-state index contributed by atoms with van der Waals surface area (Å²) in [6.07, 6.45) is 4.68. The third kappa shape index (κ3) is 8.84. The minimum atomic E-state index is -2.14. The standard InChI is InChI=1S/C30H44N8O2S/c1-20-9-8-10-21(2)27(20)24-11-26(37-28(36-24)35-19-41(31)39)40-16-22(12-29(3,4)5)32-15-25-33-13-23(14-34-25)38-17-30(6,7)18-38/h8-11,13-14,22,31-32,41H,12,15-19H2,1-7H3,(H,35,36,37)/t22-/m1/s1. The summed E-state index contributed by atoms with van der Waals surface area (Å²) in [5, 5.41) is 6.51. The van der Waals surface area contributed by atoms with Crippen molar-refractivity contribution in [1.82, 2.24) is 25.3 Å². The minimum Gasteiger partial charge on any atom is -0.476 e. The van der Waals surface area contributed by atoms with Gasteiger partial charge in [0.15, 0.2) is 0 Å². The first-order valence-electron chi connectivity index (χ1n) is 14.1. The van der Waals surface area contributed by atoms with Crippen LogP contribution in [0.15, 0.2) is 36.7 Å². The lowest BCUT2D eigenvalue weighted by molar-refractivity contribution is 0.208. The van der Waals surface area contributed by atoms with Crippen LogP contribution in [-0.2, 0) is 17.1 Å². The van der Waals surface area contributed by atoms with Gasteiger partial charge in [0, 0.05) is 30.8 Å². The molecule has 0 aliphatic carbocycles. The van der Waals surface area contributed by atoms with Gasteiger partial charge in [-0.25, -0.2) is 15.0 Å². The summed E-state index contributed by atoms with van der Waals surface area (Å²) in [4.78, 5) is 20.7. The van der Waals surface area contributed by atoms with Crippen molar-refractivity contribution in [3.63, 3.8) is 0 Å². The Bertz CT molecular complexity index is 1380. The molecule has 1 unspecified atom stereocenters. The van der Waals surface area contributed by atoms with E-state index in [1.54, 1.807) is 0 Å². The highest BCUT2D eigenvalue weighted by molar-refractivity contribution is 7.73. The average molecular weight is 581 g/mol. The van der Waals surface area contributed by atoms with Crippen molar-refractivity contribution >= 4 is 22.2 Å². The molecule has 0 amide bonds. The summed E-state index contributed by atoms with van der Waals surface area (Å²) in [6, 6.07) is 7.96. The van der Waals surface area contributed by atoms with E-state index in [4.69, 9.17) is 9.52 Å². The number of hydrogen-bond donors (Lipinski definition) is 4. The fourth-order valence-electron chi connectivity index (χ4n) is 5.19. The molecule has 1 aromatic carbocycles. The Balaban J connectivity index is 1.48. The molecular weight excluding hydrogens is 536 g/mol. The van der Waals surface area contributed by atoms with Gasteiger partial charge in [-0.15, -0.1) is 0 Å². The van der Waals surface area contributed by atoms with Crippen LogP contribution in [0.5, 0.6) is 5.88 Å². The van der Waals surface area contributed by atoms with Crippen LogP contribution in [-0.4, -0.2) is 55.8 Å². The summed E-state index contributed by atoms with van der Waals surface area (Å²) in [5.74, 6) is 1.41. The largest absolute Gasteiger partial charge is 0.476 e. The second-order valence-electron chi connectivity index (χ2n) is 12.9. The maximum Gasteiger partial charge on any atom is 0.227 e. The van der Waals surface area contributed by atoms with Gasteiger partial charge in [0.25, 0.3) is 0 Å². The highest BCUT2D eigenvalue weighted by Crippen LogP contribution is 2.33. The van der Waals surface area contributed by atoms with Crippen molar-refractivity contribution < 1.29 is 8.95 Å². The summed E-state index contributed by atoms with van der Waals surface area (Å²) < 4.78 is 25.1. The van der Waals surface area contributed by atoms with Crippen molar-refractivity contribution in [3.8, 4) is 17.1 Å². The predicted octanol–water partition coefficient (Wildman–Crippen LogP) is 4.98. The fraction of sp³-hybridized carbons (Fsp3) is 0.533. The Kier molecular flexibility index (Phi) is 9.48. The molecule has 222 valence electrons. The Labute approximate surface area is 245 Å². The summed E-state index contributed by atoms with van der Waals surface area (Å²) >= 11 is 0. The van der Waals surface area contributed by atoms with Crippen LogP contribution in [0, 0.1) is 29.5 Å². The van der Waals surface area contributed by atoms with Crippen molar-refractivity contribution in [3.05, 3.63) is 53.6 Å². The van der Waals surface area contributed by atoms with E-state index < -0.39 is 10.6 Å². The van der Waals surface area contributed by atoms with Gasteiger partial charge in [-0.05, 0) is 42.2 Å². The van der Waals surface area contributed by atoms with Crippen molar-refractivity contribution in [2.45, 2.75) is 67.5 Å². The zero-order valence-corrected chi connectivity index (χ0v) is 26.2. The Hall–Kier alpha value is -3.31. The van der Waals surface area contributed by atoms with Crippen LogP contribution < -0.4 is 20.3 Å². The van der Waals surface area contributed by atoms with E-state index in [9.17, 15) is 4.21 Å². The van der Waals surface area contributed by atoms with E-state index >= 15 is 0 Å². The molecule has 0 radical (unpaired) electrons.